The van der Waals surface area contributed by atoms with Crippen molar-refractivity contribution in [3.05, 3.63) is 60.2 Å². The Kier molecular flexibility index (Phi) is 8.11. The molecule has 2 aromatic heterocycles. The molecule has 2 amide bonds. The second-order valence-electron chi connectivity index (χ2n) is 5.75. The van der Waals surface area contributed by atoms with Gasteiger partial charge in [-0.05, 0) is 37.1 Å². The van der Waals surface area contributed by atoms with Gasteiger partial charge in [-0.25, -0.2) is 0 Å². The van der Waals surface area contributed by atoms with E-state index in [0.29, 0.717) is 24.2 Å². The molecule has 2 heterocycles. The molecule has 0 saturated heterocycles. The zero-order valence-corrected chi connectivity index (χ0v) is 14.3. The number of hydrogen-bond acceptors (Lipinski definition) is 4. The third kappa shape index (κ3) is 7.12. The van der Waals surface area contributed by atoms with Crippen LogP contribution in [0.1, 0.15) is 52.8 Å². The van der Waals surface area contributed by atoms with Gasteiger partial charge in [-0.2, -0.15) is 0 Å². The van der Waals surface area contributed by atoms with E-state index >= 15 is 0 Å². The molecule has 2 rings (SSSR count). The molecule has 2 aromatic rings. The van der Waals surface area contributed by atoms with E-state index in [4.69, 9.17) is 0 Å². The van der Waals surface area contributed by atoms with Crippen molar-refractivity contribution in [3.63, 3.8) is 0 Å². The fourth-order valence-corrected chi connectivity index (χ4v) is 2.39. The maximum atomic E-state index is 11.8. The van der Waals surface area contributed by atoms with Crippen LogP contribution in [0, 0.1) is 0 Å². The van der Waals surface area contributed by atoms with Crippen molar-refractivity contribution in [1.82, 2.24) is 20.6 Å². The Morgan fingerprint density at radius 2 is 1.00 bits per heavy atom. The average Bonchev–Trinajstić information content (AvgIpc) is 2.67. The SMILES string of the molecule is O=C(NCCCCCCCNC(=O)c1ccncc1)c1ccncc1. The highest BCUT2D eigenvalue weighted by Gasteiger charge is 2.04. The molecule has 132 valence electrons. The highest BCUT2D eigenvalue weighted by molar-refractivity contribution is 5.94. The molecule has 2 N–H and O–H groups in total. The second kappa shape index (κ2) is 10.9. The van der Waals surface area contributed by atoms with Crippen molar-refractivity contribution >= 4 is 11.8 Å². The standard InChI is InChI=1S/C19H24N4O2/c24-18(16-6-12-20-13-7-16)22-10-4-2-1-3-5-11-23-19(25)17-8-14-21-15-9-17/h6-9,12-15H,1-5,10-11H2,(H,22,24)(H,23,25). The minimum atomic E-state index is -0.0544. The lowest BCUT2D eigenvalue weighted by Crippen LogP contribution is -2.24. The summed E-state index contributed by atoms with van der Waals surface area (Å²) in [4.78, 5) is 31.4. The van der Waals surface area contributed by atoms with Crippen LogP contribution in [0.3, 0.4) is 0 Å². The summed E-state index contributed by atoms with van der Waals surface area (Å²) in [6, 6.07) is 6.82. The molecule has 0 aliphatic carbocycles. The lowest BCUT2D eigenvalue weighted by molar-refractivity contribution is 0.0945. The number of hydrogen-bond donors (Lipinski definition) is 2. The van der Waals surface area contributed by atoms with Gasteiger partial charge in [0.25, 0.3) is 11.8 Å². The number of carbonyl (C=O) groups is 2. The normalized spacial score (nSPS) is 10.2. The van der Waals surface area contributed by atoms with Gasteiger partial charge in [-0.15, -0.1) is 0 Å². The first-order valence-corrected chi connectivity index (χ1v) is 8.64. The minimum absolute atomic E-state index is 0.0544. The van der Waals surface area contributed by atoms with Crippen molar-refractivity contribution in [1.29, 1.82) is 0 Å². The molecular formula is C19H24N4O2. The van der Waals surface area contributed by atoms with E-state index in [9.17, 15) is 9.59 Å². The molecule has 0 aliphatic rings. The molecule has 6 nitrogen and oxygen atoms in total. The predicted molar refractivity (Wildman–Crippen MR) is 96.2 cm³/mol. The first-order valence-electron chi connectivity index (χ1n) is 8.64. The van der Waals surface area contributed by atoms with Gasteiger partial charge in [-0.1, -0.05) is 19.3 Å². The molecule has 6 heteroatoms. The van der Waals surface area contributed by atoms with Gasteiger partial charge in [0.05, 0.1) is 0 Å². The van der Waals surface area contributed by atoms with Crippen LogP contribution >= 0.6 is 0 Å². The molecule has 0 atom stereocenters. The molecule has 0 radical (unpaired) electrons. The van der Waals surface area contributed by atoms with Gasteiger partial charge in [0.2, 0.25) is 0 Å². The van der Waals surface area contributed by atoms with E-state index in [1.807, 2.05) is 0 Å². The highest BCUT2D eigenvalue weighted by atomic mass is 16.2. The van der Waals surface area contributed by atoms with Crippen molar-refractivity contribution < 1.29 is 9.59 Å². The van der Waals surface area contributed by atoms with Gasteiger partial charge in [-0.3, -0.25) is 19.6 Å². The van der Waals surface area contributed by atoms with Crippen molar-refractivity contribution in [2.45, 2.75) is 32.1 Å². The molecular weight excluding hydrogens is 316 g/mol. The highest BCUT2D eigenvalue weighted by Crippen LogP contribution is 2.03. The fraction of sp³-hybridized carbons (Fsp3) is 0.368. The molecule has 0 fully saturated rings. The van der Waals surface area contributed by atoms with E-state index in [2.05, 4.69) is 20.6 Å². The topological polar surface area (TPSA) is 84.0 Å². The van der Waals surface area contributed by atoms with Crippen LogP contribution in [-0.4, -0.2) is 34.9 Å². The smallest absolute Gasteiger partial charge is 0.251 e. The zero-order valence-electron chi connectivity index (χ0n) is 14.3. The van der Waals surface area contributed by atoms with E-state index in [0.717, 1.165) is 32.1 Å². The van der Waals surface area contributed by atoms with Crippen LogP contribution in [0.4, 0.5) is 0 Å². The summed E-state index contributed by atoms with van der Waals surface area (Å²) in [6.07, 6.45) is 11.6. The summed E-state index contributed by atoms with van der Waals surface area (Å²) in [7, 11) is 0. The quantitative estimate of drug-likeness (QED) is 0.651. The maximum absolute atomic E-state index is 11.8. The summed E-state index contributed by atoms with van der Waals surface area (Å²) < 4.78 is 0. The molecule has 0 bridgehead atoms. The maximum Gasteiger partial charge on any atom is 0.251 e. The van der Waals surface area contributed by atoms with E-state index in [-0.39, 0.29) is 11.8 Å². The van der Waals surface area contributed by atoms with Crippen molar-refractivity contribution in [2.24, 2.45) is 0 Å². The number of carbonyl (C=O) groups excluding carboxylic acids is 2. The summed E-state index contributed by atoms with van der Waals surface area (Å²) in [6.45, 7) is 1.36. The Bertz CT molecular complexity index is 589. The van der Waals surface area contributed by atoms with Crippen LogP contribution in [0.15, 0.2) is 49.1 Å². The van der Waals surface area contributed by atoms with Gasteiger partial charge in [0.1, 0.15) is 0 Å². The molecule has 0 saturated carbocycles. The first kappa shape index (κ1) is 18.6. The monoisotopic (exact) mass is 340 g/mol. The van der Waals surface area contributed by atoms with Crippen LogP contribution < -0.4 is 10.6 Å². The largest absolute Gasteiger partial charge is 0.352 e. The number of nitrogens with one attached hydrogen (secondary N) is 2. The molecule has 0 aromatic carbocycles. The Morgan fingerprint density at radius 3 is 1.40 bits per heavy atom. The van der Waals surface area contributed by atoms with E-state index < -0.39 is 0 Å². The summed E-state index contributed by atoms with van der Waals surface area (Å²) in [5.41, 5.74) is 1.28. The average molecular weight is 340 g/mol. The number of aromatic nitrogens is 2. The summed E-state index contributed by atoms with van der Waals surface area (Å²) >= 11 is 0. The Morgan fingerprint density at radius 1 is 0.640 bits per heavy atom. The van der Waals surface area contributed by atoms with Gasteiger partial charge >= 0.3 is 0 Å². The lowest BCUT2D eigenvalue weighted by Gasteiger charge is -2.06. The molecule has 0 spiro atoms. The number of unbranched alkanes of at least 4 members (excludes halogenated alkanes) is 4. The third-order valence-corrected chi connectivity index (χ3v) is 3.81. The molecule has 0 aliphatic heterocycles. The summed E-state index contributed by atoms with van der Waals surface area (Å²) in [5.74, 6) is -0.109. The number of rotatable bonds is 10. The number of pyridine rings is 2. The van der Waals surface area contributed by atoms with Gasteiger partial charge in [0, 0.05) is 49.0 Å². The van der Waals surface area contributed by atoms with Crippen LogP contribution in [0.5, 0.6) is 0 Å². The Hall–Kier alpha value is -2.76. The van der Waals surface area contributed by atoms with Crippen LogP contribution in [0.2, 0.25) is 0 Å². The van der Waals surface area contributed by atoms with E-state index in [1.54, 1.807) is 49.1 Å². The lowest BCUT2D eigenvalue weighted by atomic mass is 10.1. The molecule has 0 unspecified atom stereocenters. The van der Waals surface area contributed by atoms with Crippen LogP contribution in [0.25, 0.3) is 0 Å². The Balaban J connectivity index is 1.45. The predicted octanol–water partition coefficient (Wildman–Crippen LogP) is 2.59. The number of amides is 2. The fourth-order valence-electron chi connectivity index (χ4n) is 2.39. The second-order valence-corrected chi connectivity index (χ2v) is 5.75. The van der Waals surface area contributed by atoms with Gasteiger partial charge in [0.15, 0.2) is 0 Å². The zero-order chi connectivity index (χ0) is 17.7. The van der Waals surface area contributed by atoms with Crippen LogP contribution in [-0.2, 0) is 0 Å². The third-order valence-electron chi connectivity index (χ3n) is 3.81. The number of nitrogens with zero attached hydrogens (tertiary/aromatic N) is 2. The van der Waals surface area contributed by atoms with E-state index in [1.165, 1.54) is 0 Å². The van der Waals surface area contributed by atoms with Crippen molar-refractivity contribution in [3.8, 4) is 0 Å². The Labute approximate surface area is 148 Å². The first-order chi connectivity index (χ1) is 12.3. The summed E-state index contributed by atoms with van der Waals surface area (Å²) in [5, 5.41) is 5.81. The molecule has 25 heavy (non-hydrogen) atoms. The minimum Gasteiger partial charge on any atom is -0.352 e. The van der Waals surface area contributed by atoms with Gasteiger partial charge < -0.3 is 10.6 Å². The van der Waals surface area contributed by atoms with Crippen molar-refractivity contribution in [2.75, 3.05) is 13.1 Å².